The van der Waals surface area contributed by atoms with Crippen molar-refractivity contribution >= 4 is 29.0 Å². The van der Waals surface area contributed by atoms with Gasteiger partial charge in [0.25, 0.3) is 0 Å². The van der Waals surface area contributed by atoms with Crippen molar-refractivity contribution in [2.24, 2.45) is 0 Å². The zero-order chi connectivity index (χ0) is 14.3. The lowest BCUT2D eigenvalue weighted by Crippen LogP contribution is -2.33. The van der Waals surface area contributed by atoms with E-state index in [1.807, 2.05) is 32.2 Å². The molecule has 1 aromatic heterocycles. The third-order valence-corrected chi connectivity index (χ3v) is 3.40. The second-order valence-electron chi connectivity index (χ2n) is 5.19. The Kier molecular flexibility index (Phi) is 6.62. The SMILES string of the molecule is CC(C)(C)OC(=O)NCCCNCc1cc(Cl)cs1. The number of halogens is 1. The van der Waals surface area contributed by atoms with Gasteiger partial charge in [0.2, 0.25) is 0 Å². The molecule has 0 saturated heterocycles. The van der Waals surface area contributed by atoms with Crippen molar-refractivity contribution in [1.82, 2.24) is 10.6 Å². The van der Waals surface area contributed by atoms with Crippen LogP contribution in [-0.2, 0) is 11.3 Å². The van der Waals surface area contributed by atoms with Crippen molar-refractivity contribution in [2.45, 2.75) is 39.3 Å². The number of nitrogens with one attached hydrogen (secondary N) is 2. The monoisotopic (exact) mass is 304 g/mol. The van der Waals surface area contributed by atoms with Crippen LogP contribution in [0.3, 0.4) is 0 Å². The fourth-order valence-corrected chi connectivity index (χ4v) is 2.42. The van der Waals surface area contributed by atoms with Gasteiger partial charge in [0.15, 0.2) is 0 Å². The smallest absolute Gasteiger partial charge is 0.407 e. The maximum absolute atomic E-state index is 11.3. The van der Waals surface area contributed by atoms with Gasteiger partial charge in [0, 0.05) is 23.3 Å². The largest absolute Gasteiger partial charge is 0.444 e. The van der Waals surface area contributed by atoms with Gasteiger partial charge < -0.3 is 15.4 Å². The predicted molar refractivity (Wildman–Crippen MR) is 79.9 cm³/mol. The van der Waals surface area contributed by atoms with Gasteiger partial charge in [-0.2, -0.15) is 0 Å². The van der Waals surface area contributed by atoms with Crippen molar-refractivity contribution in [3.63, 3.8) is 0 Å². The lowest BCUT2D eigenvalue weighted by Gasteiger charge is -2.19. The molecule has 2 N–H and O–H groups in total. The Labute approximate surface area is 123 Å². The summed E-state index contributed by atoms with van der Waals surface area (Å²) in [6, 6.07) is 1.96. The highest BCUT2D eigenvalue weighted by molar-refractivity contribution is 7.10. The molecule has 0 fully saturated rings. The first-order valence-corrected chi connectivity index (χ1v) is 7.53. The summed E-state index contributed by atoms with van der Waals surface area (Å²) in [6.45, 7) is 7.79. The highest BCUT2D eigenvalue weighted by Gasteiger charge is 2.15. The van der Waals surface area contributed by atoms with Crippen LogP contribution in [0.5, 0.6) is 0 Å². The minimum atomic E-state index is -0.444. The highest BCUT2D eigenvalue weighted by atomic mass is 35.5. The van der Waals surface area contributed by atoms with E-state index in [2.05, 4.69) is 10.6 Å². The van der Waals surface area contributed by atoms with E-state index in [1.54, 1.807) is 11.3 Å². The van der Waals surface area contributed by atoms with Gasteiger partial charge in [-0.15, -0.1) is 11.3 Å². The number of carbonyl (C=O) groups excluding carboxylic acids is 1. The van der Waals surface area contributed by atoms with Crippen LogP contribution in [0.4, 0.5) is 4.79 Å². The molecule has 108 valence electrons. The van der Waals surface area contributed by atoms with Crippen molar-refractivity contribution in [1.29, 1.82) is 0 Å². The topological polar surface area (TPSA) is 50.4 Å². The van der Waals surface area contributed by atoms with Gasteiger partial charge in [-0.1, -0.05) is 11.6 Å². The van der Waals surface area contributed by atoms with Gasteiger partial charge in [0.05, 0.1) is 5.02 Å². The summed E-state index contributed by atoms with van der Waals surface area (Å²) < 4.78 is 5.13. The molecule has 19 heavy (non-hydrogen) atoms. The molecule has 0 radical (unpaired) electrons. The van der Waals surface area contributed by atoms with Gasteiger partial charge in [0.1, 0.15) is 5.60 Å². The molecule has 4 nitrogen and oxygen atoms in total. The summed E-state index contributed by atoms with van der Waals surface area (Å²) in [5, 5.41) is 8.72. The second-order valence-corrected chi connectivity index (χ2v) is 6.62. The molecule has 0 aliphatic rings. The van der Waals surface area contributed by atoms with Crippen molar-refractivity contribution < 1.29 is 9.53 Å². The Hall–Kier alpha value is -0.780. The van der Waals surface area contributed by atoms with Crippen LogP contribution in [0, 0.1) is 0 Å². The van der Waals surface area contributed by atoms with E-state index in [0.717, 1.165) is 24.5 Å². The van der Waals surface area contributed by atoms with Crippen LogP contribution < -0.4 is 10.6 Å². The quantitative estimate of drug-likeness (QED) is 0.792. The first-order chi connectivity index (χ1) is 8.87. The van der Waals surface area contributed by atoms with Crippen LogP contribution in [0.1, 0.15) is 32.1 Å². The third-order valence-electron chi connectivity index (χ3n) is 2.12. The van der Waals surface area contributed by atoms with Gasteiger partial charge in [-0.3, -0.25) is 0 Å². The van der Waals surface area contributed by atoms with Crippen LogP contribution in [0.15, 0.2) is 11.4 Å². The third kappa shape index (κ3) is 8.08. The maximum Gasteiger partial charge on any atom is 0.407 e. The molecule has 0 atom stereocenters. The van der Waals surface area contributed by atoms with Crippen LogP contribution in [0.2, 0.25) is 5.02 Å². The molecule has 1 heterocycles. The van der Waals surface area contributed by atoms with E-state index in [4.69, 9.17) is 16.3 Å². The molecule has 1 rings (SSSR count). The minimum absolute atomic E-state index is 0.363. The molecular formula is C13H21ClN2O2S. The van der Waals surface area contributed by atoms with Crippen molar-refractivity contribution in [3.05, 3.63) is 21.3 Å². The highest BCUT2D eigenvalue weighted by Crippen LogP contribution is 2.18. The number of ether oxygens (including phenoxy) is 1. The number of thiophene rings is 1. The molecular weight excluding hydrogens is 284 g/mol. The molecule has 0 spiro atoms. The molecule has 0 unspecified atom stereocenters. The average molecular weight is 305 g/mol. The Bertz CT molecular complexity index is 402. The van der Waals surface area contributed by atoms with E-state index in [1.165, 1.54) is 4.88 Å². The Morgan fingerprint density at radius 2 is 2.16 bits per heavy atom. The lowest BCUT2D eigenvalue weighted by molar-refractivity contribution is 0.0527. The summed E-state index contributed by atoms with van der Waals surface area (Å²) in [4.78, 5) is 12.6. The summed E-state index contributed by atoms with van der Waals surface area (Å²) in [7, 11) is 0. The summed E-state index contributed by atoms with van der Waals surface area (Å²) >= 11 is 7.47. The van der Waals surface area contributed by atoms with E-state index < -0.39 is 5.60 Å². The zero-order valence-electron chi connectivity index (χ0n) is 11.6. The molecule has 0 aromatic carbocycles. The second kappa shape index (κ2) is 7.72. The first kappa shape index (κ1) is 16.3. The zero-order valence-corrected chi connectivity index (χ0v) is 13.2. The van der Waals surface area contributed by atoms with E-state index in [-0.39, 0.29) is 6.09 Å². The van der Waals surface area contributed by atoms with E-state index in [0.29, 0.717) is 6.54 Å². The Morgan fingerprint density at radius 1 is 1.42 bits per heavy atom. The molecule has 6 heteroatoms. The Morgan fingerprint density at radius 3 is 2.74 bits per heavy atom. The van der Waals surface area contributed by atoms with Crippen LogP contribution >= 0.6 is 22.9 Å². The molecule has 0 aliphatic carbocycles. The maximum atomic E-state index is 11.3. The number of rotatable bonds is 6. The van der Waals surface area contributed by atoms with Crippen LogP contribution in [0.25, 0.3) is 0 Å². The molecule has 0 bridgehead atoms. The summed E-state index contributed by atoms with van der Waals surface area (Å²) in [6.07, 6.45) is 0.496. The lowest BCUT2D eigenvalue weighted by atomic mass is 10.2. The normalized spacial score (nSPS) is 11.4. The van der Waals surface area contributed by atoms with E-state index >= 15 is 0 Å². The number of alkyl carbamates (subject to hydrolysis) is 1. The number of hydrogen-bond acceptors (Lipinski definition) is 4. The molecule has 0 saturated carbocycles. The van der Waals surface area contributed by atoms with Crippen LogP contribution in [-0.4, -0.2) is 24.8 Å². The summed E-state index contributed by atoms with van der Waals surface area (Å²) in [5.74, 6) is 0. The first-order valence-electron chi connectivity index (χ1n) is 6.27. The molecule has 1 amide bonds. The van der Waals surface area contributed by atoms with Crippen molar-refractivity contribution in [2.75, 3.05) is 13.1 Å². The standard InChI is InChI=1S/C13H21ClN2O2S/c1-13(2,3)18-12(17)16-6-4-5-15-8-11-7-10(14)9-19-11/h7,9,15H,4-6,8H2,1-3H3,(H,16,17). The van der Waals surface area contributed by atoms with Gasteiger partial charge >= 0.3 is 6.09 Å². The van der Waals surface area contributed by atoms with Gasteiger partial charge in [-0.25, -0.2) is 4.79 Å². The fraction of sp³-hybridized carbons (Fsp3) is 0.615. The number of hydrogen-bond donors (Lipinski definition) is 2. The predicted octanol–water partition coefficient (Wildman–Crippen LogP) is 3.41. The number of amides is 1. The Balaban J connectivity index is 2.01. The van der Waals surface area contributed by atoms with Gasteiger partial charge in [-0.05, 0) is 39.8 Å². The summed E-state index contributed by atoms with van der Waals surface area (Å²) in [5.41, 5.74) is -0.444. The average Bonchev–Trinajstić information content (AvgIpc) is 2.67. The minimum Gasteiger partial charge on any atom is -0.444 e. The number of carbonyl (C=O) groups is 1. The van der Waals surface area contributed by atoms with E-state index in [9.17, 15) is 4.79 Å². The fourth-order valence-electron chi connectivity index (χ4n) is 1.38. The molecule has 0 aliphatic heterocycles. The molecule has 1 aromatic rings. The van der Waals surface area contributed by atoms with Crippen molar-refractivity contribution in [3.8, 4) is 0 Å².